The predicted octanol–water partition coefficient (Wildman–Crippen LogP) is 3.81. The van der Waals surface area contributed by atoms with E-state index < -0.39 is 15.9 Å². The van der Waals surface area contributed by atoms with Gasteiger partial charge in [0.25, 0.3) is 5.91 Å². The van der Waals surface area contributed by atoms with E-state index in [0.717, 1.165) is 11.8 Å². The number of carbonyl (C=O) groups is 2. The Morgan fingerprint density at radius 3 is 2.58 bits per heavy atom. The van der Waals surface area contributed by atoms with Gasteiger partial charge in [-0.05, 0) is 54.8 Å². The largest absolute Gasteiger partial charge is 0.329 e. The summed E-state index contributed by atoms with van der Waals surface area (Å²) in [5.74, 6) is -0.690. The van der Waals surface area contributed by atoms with Crippen LogP contribution >= 0.6 is 23.2 Å². The van der Waals surface area contributed by atoms with Crippen molar-refractivity contribution < 1.29 is 18.0 Å². The van der Waals surface area contributed by atoms with E-state index in [4.69, 9.17) is 23.2 Å². The Morgan fingerprint density at radius 2 is 1.90 bits per heavy atom. The minimum Gasteiger partial charge on any atom is -0.329 e. The fraction of sp³-hybridized carbons (Fsp3) is 0.333. The zero-order valence-electron chi connectivity index (χ0n) is 17.2. The number of rotatable bonds is 7. The van der Waals surface area contributed by atoms with Gasteiger partial charge in [-0.15, -0.1) is 0 Å². The van der Waals surface area contributed by atoms with Crippen LogP contribution in [0.1, 0.15) is 29.3 Å². The molecule has 0 unspecified atom stereocenters. The number of halogens is 2. The van der Waals surface area contributed by atoms with E-state index in [-0.39, 0.29) is 12.5 Å². The average Bonchev–Trinajstić information content (AvgIpc) is 3.13. The molecule has 0 aromatic heterocycles. The molecular weight excluding hydrogens is 461 g/mol. The summed E-state index contributed by atoms with van der Waals surface area (Å²) in [5.41, 5.74) is 2.18. The lowest BCUT2D eigenvalue weighted by Gasteiger charge is -2.22. The first kappa shape index (κ1) is 23.4. The van der Waals surface area contributed by atoms with Gasteiger partial charge in [0.05, 0.1) is 22.7 Å². The van der Waals surface area contributed by atoms with Crippen LogP contribution in [-0.4, -0.2) is 51.0 Å². The molecule has 0 saturated carbocycles. The van der Waals surface area contributed by atoms with Crippen LogP contribution < -0.4 is 9.62 Å². The Hall–Kier alpha value is -2.29. The first-order valence-electron chi connectivity index (χ1n) is 9.75. The molecule has 1 aliphatic rings. The van der Waals surface area contributed by atoms with Crippen molar-refractivity contribution in [2.45, 2.75) is 19.8 Å². The van der Waals surface area contributed by atoms with Crippen molar-refractivity contribution in [2.75, 3.05) is 35.5 Å². The number of fused-ring (bicyclic) bond motifs is 1. The summed E-state index contributed by atoms with van der Waals surface area (Å²) < 4.78 is 25.2. The smallest absolute Gasteiger partial charge is 0.254 e. The molecular formula is C21H23Cl2N3O4S. The fourth-order valence-electron chi connectivity index (χ4n) is 3.51. The molecule has 2 amide bonds. The van der Waals surface area contributed by atoms with Crippen LogP contribution in [-0.2, 0) is 21.2 Å². The van der Waals surface area contributed by atoms with Gasteiger partial charge in [0.2, 0.25) is 15.9 Å². The summed E-state index contributed by atoms with van der Waals surface area (Å²) in [4.78, 5) is 27.1. The van der Waals surface area contributed by atoms with Gasteiger partial charge < -0.3 is 10.2 Å². The number of anilines is 2. The Kier molecular flexibility index (Phi) is 7.13. The first-order valence-corrected chi connectivity index (χ1v) is 12.4. The molecule has 0 fully saturated rings. The van der Waals surface area contributed by atoms with Crippen LogP contribution in [0.5, 0.6) is 0 Å². The second-order valence-electron chi connectivity index (χ2n) is 7.33. The van der Waals surface area contributed by atoms with Gasteiger partial charge in [0, 0.05) is 23.7 Å². The van der Waals surface area contributed by atoms with Crippen molar-refractivity contribution in [3.05, 3.63) is 57.6 Å². The zero-order valence-corrected chi connectivity index (χ0v) is 19.5. The van der Waals surface area contributed by atoms with Crippen LogP contribution in [0.4, 0.5) is 11.4 Å². The summed E-state index contributed by atoms with van der Waals surface area (Å²) in [5, 5.41) is 3.47. The molecule has 0 bridgehead atoms. The maximum absolute atomic E-state index is 13.1. The molecule has 0 aliphatic carbocycles. The van der Waals surface area contributed by atoms with E-state index in [0.29, 0.717) is 52.9 Å². The third-order valence-corrected chi connectivity index (χ3v) is 6.64. The average molecular weight is 484 g/mol. The minimum absolute atomic E-state index is 0.151. The molecule has 1 aliphatic heterocycles. The van der Waals surface area contributed by atoms with E-state index in [1.807, 2.05) is 6.92 Å². The number of benzene rings is 2. The fourth-order valence-corrected chi connectivity index (χ4v) is 4.81. The molecule has 2 aromatic rings. The summed E-state index contributed by atoms with van der Waals surface area (Å²) in [6.07, 6.45) is 2.36. The van der Waals surface area contributed by atoms with Gasteiger partial charge in [0.1, 0.15) is 6.54 Å². The lowest BCUT2D eigenvalue weighted by atomic mass is 10.1. The van der Waals surface area contributed by atoms with E-state index in [1.54, 1.807) is 36.4 Å². The molecule has 1 heterocycles. The maximum atomic E-state index is 13.1. The van der Waals surface area contributed by atoms with Crippen molar-refractivity contribution in [2.24, 2.45) is 0 Å². The number of hydrogen-bond donors (Lipinski definition) is 1. The van der Waals surface area contributed by atoms with Crippen molar-refractivity contribution >= 4 is 56.4 Å². The van der Waals surface area contributed by atoms with Gasteiger partial charge in [0.15, 0.2) is 0 Å². The van der Waals surface area contributed by atoms with Crippen LogP contribution in [0.15, 0.2) is 36.4 Å². The lowest BCUT2D eigenvalue weighted by molar-refractivity contribution is -0.116. The number of amides is 2. The van der Waals surface area contributed by atoms with Gasteiger partial charge in [-0.3, -0.25) is 13.9 Å². The Labute approximate surface area is 192 Å². The molecule has 1 N–H and O–H groups in total. The normalized spacial score (nSPS) is 13.1. The molecule has 7 nitrogen and oxygen atoms in total. The summed E-state index contributed by atoms with van der Waals surface area (Å²) in [7, 11) is -3.36. The number of nitrogens with one attached hydrogen (secondary N) is 1. The second kappa shape index (κ2) is 9.46. The molecule has 0 spiro atoms. The molecule has 166 valence electrons. The minimum atomic E-state index is -3.36. The van der Waals surface area contributed by atoms with Gasteiger partial charge in [-0.2, -0.15) is 0 Å². The highest BCUT2D eigenvalue weighted by molar-refractivity contribution is 7.92. The Balaban J connectivity index is 1.76. The van der Waals surface area contributed by atoms with Gasteiger partial charge >= 0.3 is 0 Å². The molecule has 0 saturated heterocycles. The summed E-state index contributed by atoms with van der Waals surface area (Å²) in [6.45, 7) is 2.51. The van der Waals surface area contributed by atoms with Crippen molar-refractivity contribution in [3.8, 4) is 0 Å². The highest BCUT2D eigenvalue weighted by atomic mass is 35.5. The summed E-state index contributed by atoms with van der Waals surface area (Å²) in [6, 6.07) is 9.69. The van der Waals surface area contributed by atoms with Gasteiger partial charge in [-0.1, -0.05) is 30.1 Å². The third kappa shape index (κ3) is 5.50. The first-order chi connectivity index (χ1) is 14.6. The maximum Gasteiger partial charge on any atom is 0.254 e. The standard InChI is InChI=1S/C21H23Cl2N3O4S/c1-3-9-25(13-20(27)24-18-12-16(22)5-6-17(18)23)21(28)15-4-7-19-14(11-15)8-10-26(19)31(2,29)30/h4-7,11-12H,3,8-10,13H2,1-2H3,(H,24,27). The van der Waals surface area contributed by atoms with Crippen LogP contribution in [0, 0.1) is 0 Å². The third-order valence-electron chi connectivity index (χ3n) is 4.90. The number of hydrogen-bond acceptors (Lipinski definition) is 4. The van der Waals surface area contributed by atoms with Gasteiger partial charge in [-0.25, -0.2) is 8.42 Å². The van der Waals surface area contributed by atoms with E-state index in [2.05, 4.69) is 5.32 Å². The molecule has 3 rings (SSSR count). The molecule has 0 atom stereocenters. The molecule has 31 heavy (non-hydrogen) atoms. The Bertz CT molecular complexity index is 1120. The van der Waals surface area contributed by atoms with Crippen molar-refractivity contribution in [1.29, 1.82) is 0 Å². The molecule has 0 radical (unpaired) electrons. The predicted molar refractivity (Wildman–Crippen MR) is 124 cm³/mol. The number of nitrogens with zero attached hydrogens (tertiary/aromatic N) is 2. The monoisotopic (exact) mass is 483 g/mol. The van der Waals surface area contributed by atoms with E-state index in [1.165, 1.54) is 9.21 Å². The highest BCUT2D eigenvalue weighted by Gasteiger charge is 2.28. The van der Waals surface area contributed by atoms with Crippen molar-refractivity contribution in [1.82, 2.24) is 4.90 Å². The van der Waals surface area contributed by atoms with Crippen LogP contribution in [0.25, 0.3) is 0 Å². The molecule has 2 aromatic carbocycles. The van der Waals surface area contributed by atoms with E-state index >= 15 is 0 Å². The van der Waals surface area contributed by atoms with Crippen LogP contribution in [0.2, 0.25) is 10.0 Å². The lowest BCUT2D eigenvalue weighted by Crippen LogP contribution is -2.38. The van der Waals surface area contributed by atoms with Crippen molar-refractivity contribution in [3.63, 3.8) is 0 Å². The second-order valence-corrected chi connectivity index (χ2v) is 10.1. The topological polar surface area (TPSA) is 86.8 Å². The molecule has 10 heteroatoms. The number of sulfonamides is 1. The SMILES string of the molecule is CCCN(CC(=O)Nc1cc(Cl)ccc1Cl)C(=O)c1ccc2c(c1)CCN2S(C)(=O)=O. The van der Waals surface area contributed by atoms with E-state index in [9.17, 15) is 18.0 Å². The van der Waals surface area contributed by atoms with Crippen LogP contribution in [0.3, 0.4) is 0 Å². The number of carbonyl (C=O) groups excluding carboxylic acids is 2. The quantitative estimate of drug-likeness (QED) is 0.648. The summed E-state index contributed by atoms with van der Waals surface area (Å²) >= 11 is 12.0. The highest BCUT2D eigenvalue weighted by Crippen LogP contribution is 2.31. The Morgan fingerprint density at radius 1 is 1.16 bits per heavy atom. The zero-order chi connectivity index (χ0) is 22.8.